The zero-order chi connectivity index (χ0) is 18.8. The Morgan fingerprint density at radius 3 is 2.35 bits per heavy atom. The number of benzene rings is 2. The van der Waals surface area contributed by atoms with E-state index in [4.69, 9.17) is 0 Å². The maximum Gasteiger partial charge on any atom is 0.229 e. The lowest BCUT2D eigenvalue weighted by Gasteiger charge is -2.25. The summed E-state index contributed by atoms with van der Waals surface area (Å²) in [5.74, 6) is -0.344. The van der Waals surface area contributed by atoms with Crippen molar-refractivity contribution in [2.24, 2.45) is 5.92 Å². The van der Waals surface area contributed by atoms with E-state index in [0.29, 0.717) is 6.54 Å². The largest absolute Gasteiger partial charge is 0.335 e. The van der Waals surface area contributed by atoms with Gasteiger partial charge in [-0.2, -0.15) is 0 Å². The molecule has 0 saturated carbocycles. The van der Waals surface area contributed by atoms with E-state index in [1.54, 1.807) is 0 Å². The van der Waals surface area contributed by atoms with Crippen LogP contribution in [0, 0.1) is 26.7 Å². The van der Waals surface area contributed by atoms with E-state index in [-0.39, 0.29) is 30.2 Å². The van der Waals surface area contributed by atoms with E-state index in [1.807, 2.05) is 62.9 Å². The molecule has 0 bridgehead atoms. The first-order chi connectivity index (χ1) is 12.4. The molecule has 1 heterocycles. The Kier molecular flexibility index (Phi) is 5.12. The van der Waals surface area contributed by atoms with Crippen LogP contribution in [-0.4, -0.2) is 23.3 Å². The predicted octanol–water partition coefficient (Wildman–Crippen LogP) is 4.16. The summed E-state index contributed by atoms with van der Waals surface area (Å²) >= 11 is 0. The number of amides is 2. The highest BCUT2D eigenvalue weighted by atomic mass is 16.2. The van der Waals surface area contributed by atoms with Gasteiger partial charge in [-0.15, -0.1) is 0 Å². The molecule has 2 aromatic rings. The van der Waals surface area contributed by atoms with Gasteiger partial charge >= 0.3 is 0 Å². The van der Waals surface area contributed by atoms with E-state index in [2.05, 4.69) is 17.4 Å². The fourth-order valence-electron chi connectivity index (χ4n) is 3.80. The summed E-state index contributed by atoms with van der Waals surface area (Å²) in [6.07, 6.45) is 0.271. The van der Waals surface area contributed by atoms with Crippen LogP contribution in [0.5, 0.6) is 0 Å². The number of likely N-dealkylation sites (tertiary alicyclic amines) is 1. The first kappa shape index (κ1) is 18.2. The smallest absolute Gasteiger partial charge is 0.229 e. The Morgan fingerprint density at radius 2 is 1.73 bits per heavy atom. The van der Waals surface area contributed by atoms with Crippen LogP contribution in [0.25, 0.3) is 0 Å². The van der Waals surface area contributed by atoms with Crippen LogP contribution in [0.15, 0.2) is 42.5 Å². The number of nitrogens with one attached hydrogen (secondary N) is 1. The summed E-state index contributed by atoms with van der Waals surface area (Å²) in [7, 11) is 0. The van der Waals surface area contributed by atoms with E-state index >= 15 is 0 Å². The van der Waals surface area contributed by atoms with Gasteiger partial charge in [-0.05, 0) is 44.4 Å². The molecule has 0 spiro atoms. The van der Waals surface area contributed by atoms with Crippen LogP contribution in [0.3, 0.4) is 0 Å². The van der Waals surface area contributed by atoms with Crippen molar-refractivity contribution in [2.75, 3.05) is 11.9 Å². The number of carbonyl (C=O) groups is 2. The molecule has 4 heteroatoms. The number of hydrogen-bond donors (Lipinski definition) is 1. The van der Waals surface area contributed by atoms with Gasteiger partial charge in [-0.1, -0.05) is 48.0 Å². The summed E-state index contributed by atoms with van der Waals surface area (Å²) in [5.41, 5.74) is 5.23. The van der Waals surface area contributed by atoms with E-state index < -0.39 is 0 Å². The minimum Gasteiger partial charge on any atom is -0.335 e. The van der Waals surface area contributed by atoms with Crippen LogP contribution >= 0.6 is 0 Å². The molecule has 1 saturated heterocycles. The predicted molar refractivity (Wildman–Crippen MR) is 104 cm³/mol. The van der Waals surface area contributed by atoms with Gasteiger partial charge in [0.2, 0.25) is 11.8 Å². The molecule has 2 unspecified atom stereocenters. The van der Waals surface area contributed by atoms with E-state index in [9.17, 15) is 9.59 Å². The maximum absolute atomic E-state index is 12.8. The second kappa shape index (κ2) is 7.32. The molecule has 1 N–H and O–H groups in total. The van der Waals surface area contributed by atoms with Gasteiger partial charge in [0, 0.05) is 18.7 Å². The lowest BCUT2D eigenvalue weighted by Crippen LogP contribution is -2.30. The number of nitrogens with zero attached hydrogens (tertiary/aromatic N) is 1. The monoisotopic (exact) mass is 350 g/mol. The molecular weight excluding hydrogens is 324 g/mol. The quantitative estimate of drug-likeness (QED) is 0.900. The Morgan fingerprint density at radius 1 is 1.12 bits per heavy atom. The Labute approximate surface area is 155 Å². The Hall–Kier alpha value is -2.62. The van der Waals surface area contributed by atoms with Crippen molar-refractivity contribution in [3.05, 3.63) is 64.7 Å². The first-order valence-electron chi connectivity index (χ1n) is 9.10. The minimum absolute atomic E-state index is 0.0238. The van der Waals surface area contributed by atoms with Crippen LogP contribution in [0.1, 0.15) is 41.6 Å². The molecule has 1 fully saturated rings. The molecule has 136 valence electrons. The highest BCUT2D eigenvalue weighted by Crippen LogP contribution is 2.30. The van der Waals surface area contributed by atoms with Crippen LogP contribution < -0.4 is 5.32 Å². The van der Waals surface area contributed by atoms with Crippen LogP contribution in [-0.2, 0) is 9.59 Å². The van der Waals surface area contributed by atoms with E-state index in [0.717, 1.165) is 22.4 Å². The molecule has 4 nitrogen and oxygen atoms in total. The molecule has 1 aliphatic heterocycles. The van der Waals surface area contributed by atoms with Gasteiger partial charge < -0.3 is 10.2 Å². The van der Waals surface area contributed by atoms with Gasteiger partial charge in [0.05, 0.1) is 12.0 Å². The van der Waals surface area contributed by atoms with Gasteiger partial charge in [0.1, 0.15) is 0 Å². The van der Waals surface area contributed by atoms with Gasteiger partial charge in [-0.3, -0.25) is 9.59 Å². The Bertz CT molecular complexity index is 806. The third-order valence-corrected chi connectivity index (χ3v) is 5.20. The molecule has 0 aliphatic carbocycles. The number of anilines is 1. The highest BCUT2D eigenvalue weighted by Gasteiger charge is 2.37. The zero-order valence-corrected chi connectivity index (χ0v) is 15.9. The number of rotatable bonds is 4. The molecule has 2 atom stereocenters. The number of hydrogen-bond acceptors (Lipinski definition) is 2. The van der Waals surface area contributed by atoms with E-state index in [1.165, 1.54) is 5.56 Å². The van der Waals surface area contributed by atoms with Crippen molar-refractivity contribution in [3.63, 3.8) is 0 Å². The van der Waals surface area contributed by atoms with Gasteiger partial charge in [0.25, 0.3) is 0 Å². The lowest BCUT2D eigenvalue weighted by molar-refractivity contribution is -0.129. The third kappa shape index (κ3) is 3.64. The van der Waals surface area contributed by atoms with Crippen molar-refractivity contribution in [1.82, 2.24) is 4.90 Å². The minimum atomic E-state index is -0.311. The van der Waals surface area contributed by atoms with Crippen LogP contribution in [0.2, 0.25) is 0 Å². The fourth-order valence-corrected chi connectivity index (χ4v) is 3.80. The first-order valence-corrected chi connectivity index (χ1v) is 9.10. The fraction of sp³-hybridized carbons (Fsp3) is 0.364. The summed E-state index contributed by atoms with van der Waals surface area (Å²) in [5, 5.41) is 3.05. The molecule has 0 radical (unpaired) electrons. The molecule has 2 aromatic carbocycles. The topological polar surface area (TPSA) is 49.4 Å². The SMILES string of the molecule is Cc1cc(C)c(NC(=O)C2CC(=O)N(C(C)c3ccccc3)C2)c(C)c1. The Balaban J connectivity index is 1.72. The molecule has 0 aromatic heterocycles. The number of aryl methyl sites for hydroxylation is 3. The van der Waals surface area contributed by atoms with Crippen molar-refractivity contribution in [3.8, 4) is 0 Å². The van der Waals surface area contributed by atoms with Crippen LogP contribution in [0.4, 0.5) is 5.69 Å². The molecule has 3 rings (SSSR count). The van der Waals surface area contributed by atoms with Gasteiger partial charge in [-0.25, -0.2) is 0 Å². The zero-order valence-electron chi connectivity index (χ0n) is 15.9. The molecule has 26 heavy (non-hydrogen) atoms. The highest BCUT2D eigenvalue weighted by molar-refractivity contribution is 5.98. The average molecular weight is 350 g/mol. The second-order valence-corrected chi connectivity index (χ2v) is 7.30. The van der Waals surface area contributed by atoms with Crippen molar-refractivity contribution in [1.29, 1.82) is 0 Å². The molecule has 1 aliphatic rings. The maximum atomic E-state index is 12.8. The number of carbonyl (C=O) groups excluding carboxylic acids is 2. The second-order valence-electron chi connectivity index (χ2n) is 7.30. The summed E-state index contributed by atoms with van der Waals surface area (Å²) in [6.45, 7) is 8.52. The lowest BCUT2D eigenvalue weighted by atomic mass is 10.0. The summed E-state index contributed by atoms with van der Waals surface area (Å²) in [6, 6.07) is 14.0. The third-order valence-electron chi connectivity index (χ3n) is 5.20. The van der Waals surface area contributed by atoms with Crippen molar-refractivity contribution >= 4 is 17.5 Å². The molecular formula is C22H26N2O2. The van der Waals surface area contributed by atoms with Crippen molar-refractivity contribution in [2.45, 2.75) is 40.2 Å². The molecule has 2 amide bonds. The summed E-state index contributed by atoms with van der Waals surface area (Å²) < 4.78 is 0. The standard InChI is InChI=1S/C22H26N2O2/c1-14-10-15(2)21(16(3)11-14)23-22(26)19-12-20(25)24(13-19)17(4)18-8-6-5-7-9-18/h5-11,17,19H,12-13H2,1-4H3,(H,23,26). The normalized spacial score (nSPS) is 18.1. The van der Waals surface area contributed by atoms with Crippen molar-refractivity contribution < 1.29 is 9.59 Å². The summed E-state index contributed by atoms with van der Waals surface area (Å²) in [4.78, 5) is 27.1. The van der Waals surface area contributed by atoms with Gasteiger partial charge in [0.15, 0.2) is 0 Å². The average Bonchev–Trinajstić information content (AvgIpc) is 3.00.